The molecule has 0 atom stereocenters. The van der Waals surface area contributed by atoms with Crippen LogP contribution in [0.4, 0.5) is 11.5 Å². The maximum atomic E-state index is 9.08. The van der Waals surface area contributed by atoms with Crippen LogP contribution in [-0.4, -0.2) is 9.97 Å². The van der Waals surface area contributed by atoms with E-state index >= 15 is 0 Å². The van der Waals surface area contributed by atoms with Crippen LogP contribution in [0.15, 0.2) is 60.2 Å². The van der Waals surface area contributed by atoms with Crippen molar-refractivity contribution in [2.24, 2.45) is 0 Å². The van der Waals surface area contributed by atoms with Gasteiger partial charge in [0.15, 0.2) is 0 Å². The van der Waals surface area contributed by atoms with Crippen molar-refractivity contribution in [3.8, 4) is 17.2 Å². The van der Waals surface area contributed by atoms with Crippen molar-refractivity contribution in [1.29, 1.82) is 5.26 Å². The first-order valence-electron chi connectivity index (χ1n) is 7.81. The van der Waals surface area contributed by atoms with Crippen molar-refractivity contribution in [2.45, 2.75) is 6.92 Å². The Kier molecular flexibility index (Phi) is 3.88. The van der Waals surface area contributed by atoms with Crippen LogP contribution in [0.3, 0.4) is 0 Å². The molecule has 0 aliphatic heterocycles. The topological polar surface area (TPSA) is 61.6 Å². The smallest absolute Gasteiger partial charge is 0.143 e. The molecule has 0 unspecified atom stereocenters. The Morgan fingerprint density at radius 3 is 2.72 bits per heavy atom. The summed E-state index contributed by atoms with van der Waals surface area (Å²) in [4.78, 5) is 9.77. The minimum Gasteiger partial charge on any atom is -0.340 e. The normalized spacial score (nSPS) is 10.6. The third kappa shape index (κ3) is 2.95. The molecule has 0 saturated carbocycles. The number of benzene rings is 2. The van der Waals surface area contributed by atoms with E-state index in [0.717, 1.165) is 32.8 Å². The summed E-state index contributed by atoms with van der Waals surface area (Å²) in [6, 6.07) is 18.0. The number of nitriles is 1. The van der Waals surface area contributed by atoms with Gasteiger partial charge >= 0.3 is 0 Å². The average Bonchev–Trinajstić information content (AvgIpc) is 3.08. The van der Waals surface area contributed by atoms with Crippen molar-refractivity contribution in [3.63, 3.8) is 0 Å². The molecular weight excluding hydrogens is 328 g/mol. The summed E-state index contributed by atoms with van der Waals surface area (Å²) in [5, 5.41) is 15.5. The minimum absolute atomic E-state index is 0.611. The second kappa shape index (κ2) is 6.34. The van der Waals surface area contributed by atoms with Gasteiger partial charge in [-0.1, -0.05) is 35.9 Å². The summed E-state index contributed by atoms with van der Waals surface area (Å²) in [5.74, 6) is 0.747. The van der Waals surface area contributed by atoms with Gasteiger partial charge in [0.05, 0.1) is 17.0 Å². The Morgan fingerprint density at radius 2 is 1.92 bits per heavy atom. The SMILES string of the molecule is Cc1ccc(-c2csc3ncnc(Nc4cccc(C#N)c4)c23)cc1. The zero-order valence-corrected chi connectivity index (χ0v) is 14.3. The van der Waals surface area contributed by atoms with Crippen LogP contribution in [0.25, 0.3) is 21.3 Å². The number of aryl methyl sites for hydroxylation is 1. The van der Waals surface area contributed by atoms with Gasteiger partial charge in [-0.05, 0) is 30.7 Å². The molecule has 5 heteroatoms. The first-order valence-corrected chi connectivity index (χ1v) is 8.69. The maximum absolute atomic E-state index is 9.08. The highest BCUT2D eigenvalue weighted by atomic mass is 32.1. The second-order valence-electron chi connectivity index (χ2n) is 5.74. The van der Waals surface area contributed by atoms with Gasteiger partial charge < -0.3 is 5.32 Å². The lowest BCUT2D eigenvalue weighted by atomic mass is 10.0. The van der Waals surface area contributed by atoms with Gasteiger partial charge in [-0.3, -0.25) is 0 Å². The van der Waals surface area contributed by atoms with Crippen LogP contribution < -0.4 is 5.32 Å². The van der Waals surface area contributed by atoms with Crippen LogP contribution >= 0.6 is 11.3 Å². The van der Waals surface area contributed by atoms with E-state index in [1.165, 1.54) is 5.56 Å². The number of rotatable bonds is 3. The fraction of sp³-hybridized carbons (Fsp3) is 0.0500. The predicted octanol–water partition coefficient (Wildman–Crippen LogP) is 5.28. The molecule has 0 aliphatic carbocycles. The Bertz CT molecular complexity index is 1090. The highest BCUT2D eigenvalue weighted by Gasteiger charge is 2.13. The summed E-state index contributed by atoms with van der Waals surface area (Å²) in [6.07, 6.45) is 1.56. The minimum atomic E-state index is 0.611. The molecule has 0 fully saturated rings. The fourth-order valence-electron chi connectivity index (χ4n) is 2.72. The van der Waals surface area contributed by atoms with Crippen LogP contribution in [0.2, 0.25) is 0 Å². The average molecular weight is 342 g/mol. The Morgan fingerprint density at radius 1 is 1.08 bits per heavy atom. The van der Waals surface area contributed by atoms with Gasteiger partial charge in [0.1, 0.15) is 17.0 Å². The van der Waals surface area contributed by atoms with E-state index in [1.807, 2.05) is 18.2 Å². The van der Waals surface area contributed by atoms with Crippen LogP contribution in [0.1, 0.15) is 11.1 Å². The summed E-state index contributed by atoms with van der Waals surface area (Å²) in [6.45, 7) is 2.08. The third-order valence-electron chi connectivity index (χ3n) is 3.99. The molecular formula is C20H14N4S. The standard InChI is InChI=1S/C20H14N4S/c1-13-5-7-15(8-6-13)17-11-25-20-18(17)19(22-12-23-20)24-16-4-2-3-14(9-16)10-21/h2-9,11-12H,1H3,(H,22,23,24). The molecule has 0 aliphatic rings. The Labute approximate surface area is 149 Å². The number of hydrogen-bond acceptors (Lipinski definition) is 5. The molecule has 0 radical (unpaired) electrons. The van der Waals surface area contributed by atoms with Gasteiger partial charge in [-0.2, -0.15) is 5.26 Å². The van der Waals surface area contributed by atoms with Crippen molar-refractivity contribution in [3.05, 3.63) is 71.4 Å². The van der Waals surface area contributed by atoms with Gasteiger partial charge in [0.25, 0.3) is 0 Å². The number of aromatic nitrogens is 2. The van der Waals surface area contributed by atoms with E-state index in [9.17, 15) is 0 Å². The van der Waals surface area contributed by atoms with Gasteiger partial charge in [-0.15, -0.1) is 11.3 Å². The fourth-order valence-corrected chi connectivity index (χ4v) is 3.63. The van der Waals surface area contributed by atoms with Crippen LogP contribution in [-0.2, 0) is 0 Å². The number of nitrogens with zero attached hydrogens (tertiary/aromatic N) is 3. The highest BCUT2D eigenvalue weighted by Crippen LogP contribution is 2.37. The van der Waals surface area contributed by atoms with Crippen molar-refractivity contribution < 1.29 is 0 Å². The zero-order chi connectivity index (χ0) is 17.2. The number of fused-ring (bicyclic) bond motifs is 1. The molecule has 4 aromatic rings. The summed E-state index contributed by atoms with van der Waals surface area (Å²) < 4.78 is 0. The lowest BCUT2D eigenvalue weighted by Gasteiger charge is -2.09. The zero-order valence-electron chi connectivity index (χ0n) is 13.5. The van der Waals surface area contributed by atoms with Gasteiger partial charge in [0.2, 0.25) is 0 Å². The molecule has 4 nitrogen and oxygen atoms in total. The molecule has 0 amide bonds. The molecule has 0 saturated heterocycles. The monoisotopic (exact) mass is 342 g/mol. The third-order valence-corrected chi connectivity index (χ3v) is 4.87. The largest absolute Gasteiger partial charge is 0.340 e. The first-order chi connectivity index (χ1) is 12.2. The number of hydrogen-bond donors (Lipinski definition) is 1. The first kappa shape index (κ1) is 15.3. The van der Waals surface area contributed by atoms with Gasteiger partial charge in [0, 0.05) is 16.6 Å². The summed E-state index contributed by atoms with van der Waals surface area (Å²) in [7, 11) is 0. The number of nitrogens with one attached hydrogen (secondary N) is 1. The van der Waals surface area contributed by atoms with Crippen LogP contribution in [0, 0.1) is 18.3 Å². The molecule has 0 spiro atoms. The van der Waals surface area contributed by atoms with Crippen LogP contribution in [0.5, 0.6) is 0 Å². The van der Waals surface area contributed by atoms with E-state index in [-0.39, 0.29) is 0 Å². The molecule has 0 bridgehead atoms. The molecule has 4 rings (SSSR count). The lowest BCUT2D eigenvalue weighted by Crippen LogP contribution is -1.96. The number of anilines is 2. The van der Waals surface area contributed by atoms with Crippen molar-refractivity contribution >= 4 is 33.1 Å². The maximum Gasteiger partial charge on any atom is 0.143 e. The molecule has 25 heavy (non-hydrogen) atoms. The Balaban J connectivity index is 1.83. The van der Waals surface area contributed by atoms with E-state index in [1.54, 1.807) is 23.7 Å². The van der Waals surface area contributed by atoms with E-state index in [4.69, 9.17) is 5.26 Å². The molecule has 120 valence electrons. The quantitative estimate of drug-likeness (QED) is 0.550. The molecule has 2 heterocycles. The Hall–Kier alpha value is -3.23. The number of thiophene rings is 1. The van der Waals surface area contributed by atoms with Gasteiger partial charge in [-0.25, -0.2) is 9.97 Å². The van der Waals surface area contributed by atoms with E-state index in [0.29, 0.717) is 5.56 Å². The summed E-state index contributed by atoms with van der Waals surface area (Å²) >= 11 is 1.60. The molecule has 2 aromatic carbocycles. The predicted molar refractivity (Wildman–Crippen MR) is 102 cm³/mol. The summed E-state index contributed by atoms with van der Waals surface area (Å²) in [5.41, 5.74) is 4.92. The molecule has 1 N–H and O–H groups in total. The van der Waals surface area contributed by atoms with Crippen molar-refractivity contribution in [2.75, 3.05) is 5.32 Å². The molecule has 2 aromatic heterocycles. The van der Waals surface area contributed by atoms with E-state index in [2.05, 4.69) is 57.9 Å². The second-order valence-corrected chi connectivity index (χ2v) is 6.59. The highest BCUT2D eigenvalue weighted by molar-refractivity contribution is 7.17. The van der Waals surface area contributed by atoms with Crippen molar-refractivity contribution in [1.82, 2.24) is 9.97 Å². The van der Waals surface area contributed by atoms with E-state index < -0.39 is 0 Å². The lowest BCUT2D eigenvalue weighted by molar-refractivity contribution is 1.23.